The molecule has 0 aliphatic carbocycles. The number of aryl methyl sites for hydroxylation is 1. The maximum absolute atomic E-state index is 11.4. The monoisotopic (exact) mass is 219 g/mol. The van der Waals surface area contributed by atoms with Gasteiger partial charge in [-0.25, -0.2) is 0 Å². The SMILES string of the molecule is COc1cc(OC)c2c(C)cc(=O)[nH]c2c1. The molecule has 0 unspecified atom stereocenters. The number of benzene rings is 1. The summed E-state index contributed by atoms with van der Waals surface area (Å²) in [7, 11) is 3.17. The van der Waals surface area contributed by atoms with Crippen molar-refractivity contribution in [2.75, 3.05) is 14.2 Å². The lowest BCUT2D eigenvalue weighted by Gasteiger charge is -2.10. The van der Waals surface area contributed by atoms with Gasteiger partial charge in [0.25, 0.3) is 0 Å². The minimum atomic E-state index is -0.125. The summed E-state index contributed by atoms with van der Waals surface area (Å²) < 4.78 is 10.4. The van der Waals surface area contributed by atoms with Crippen LogP contribution in [0.4, 0.5) is 0 Å². The summed E-state index contributed by atoms with van der Waals surface area (Å²) in [5.41, 5.74) is 1.49. The third-order valence-electron chi connectivity index (χ3n) is 2.53. The van der Waals surface area contributed by atoms with Crippen LogP contribution in [0.3, 0.4) is 0 Å². The van der Waals surface area contributed by atoms with E-state index in [9.17, 15) is 4.79 Å². The highest BCUT2D eigenvalue weighted by Crippen LogP contribution is 2.31. The minimum absolute atomic E-state index is 0.125. The first kappa shape index (κ1) is 10.5. The van der Waals surface area contributed by atoms with Gasteiger partial charge in [0, 0.05) is 23.6 Å². The van der Waals surface area contributed by atoms with Gasteiger partial charge in [-0.3, -0.25) is 4.79 Å². The van der Waals surface area contributed by atoms with Crippen LogP contribution in [0.25, 0.3) is 10.9 Å². The number of nitrogens with one attached hydrogen (secondary N) is 1. The summed E-state index contributed by atoms with van der Waals surface area (Å²) in [6, 6.07) is 5.14. The average molecular weight is 219 g/mol. The lowest BCUT2D eigenvalue weighted by atomic mass is 10.1. The second-order valence-electron chi connectivity index (χ2n) is 3.57. The van der Waals surface area contributed by atoms with Crippen LogP contribution in [0.5, 0.6) is 11.5 Å². The van der Waals surface area contributed by atoms with E-state index in [2.05, 4.69) is 4.98 Å². The number of ether oxygens (including phenoxy) is 2. The lowest BCUT2D eigenvalue weighted by Crippen LogP contribution is -2.05. The van der Waals surface area contributed by atoms with E-state index < -0.39 is 0 Å². The Bertz CT molecular complexity index is 587. The predicted molar refractivity (Wildman–Crippen MR) is 62.4 cm³/mol. The molecule has 0 radical (unpaired) electrons. The van der Waals surface area contributed by atoms with Crippen molar-refractivity contribution in [2.24, 2.45) is 0 Å². The molecule has 1 N–H and O–H groups in total. The van der Waals surface area contributed by atoms with E-state index in [1.165, 1.54) is 0 Å². The fraction of sp³-hybridized carbons (Fsp3) is 0.250. The molecule has 84 valence electrons. The average Bonchev–Trinajstić information content (AvgIpc) is 2.26. The maximum atomic E-state index is 11.4. The molecule has 2 aromatic rings. The Morgan fingerprint density at radius 3 is 2.50 bits per heavy atom. The fourth-order valence-electron chi connectivity index (χ4n) is 1.81. The van der Waals surface area contributed by atoms with E-state index in [1.807, 2.05) is 6.92 Å². The number of aromatic amines is 1. The van der Waals surface area contributed by atoms with Gasteiger partial charge in [0.1, 0.15) is 11.5 Å². The molecule has 0 saturated carbocycles. The van der Waals surface area contributed by atoms with Crippen molar-refractivity contribution in [3.63, 3.8) is 0 Å². The Morgan fingerprint density at radius 2 is 1.88 bits per heavy atom. The van der Waals surface area contributed by atoms with Crippen molar-refractivity contribution in [2.45, 2.75) is 6.92 Å². The van der Waals surface area contributed by atoms with Gasteiger partial charge < -0.3 is 14.5 Å². The summed E-state index contributed by atoms with van der Waals surface area (Å²) in [5, 5.41) is 0.905. The van der Waals surface area contributed by atoms with Gasteiger partial charge in [-0.2, -0.15) is 0 Å². The zero-order valence-electron chi connectivity index (χ0n) is 9.46. The van der Waals surface area contributed by atoms with Crippen molar-refractivity contribution in [1.29, 1.82) is 0 Å². The van der Waals surface area contributed by atoms with E-state index in [-0.39, 0.29) is 5.56 Å². The zero-order chi connectivity index (χ0) is 11.7. The van der Waals surface area contributed by atoms with Crippen molar-refractivity contribution in [3.8, 4) is 11.5 Å². The minimum Gasteiger partial charge on any atom is -0.497 e. The van der Waals surface area contributed by atoms with Gasteiger partial charge in [0.2, 0.25) is 5.56 Å². The highest BCUT2D eigenvalue weighted by Gasteiger charge is 2.08. The second-order valence-corrected chi connectivity index (χ2v) is 3.57. The summed E-state index contributed by atoms with van der Waals surface area (Å²) in [6.45, 7) is 1.88. The highest BCUT2D eigenvalue weighted by molar-refractivity contribution is 5.89. The molecule has 0 saturated heterocycles. The number of methoxy groups -OCH3 is 2. The zero-order valence-corrected chi connectivity index (χ0v) is 9.46. The molecule has 1 aromatic heterocycles. The lowest BCUT2D eigenvalue weighted by molar-refractivity contribution is 0.397. The van der Waals surface area contributed by atoms with Crippen LogP contribution in [0.15, 0.2) is 23.0 Å². The van der Waals surface area contributed by atoms with E-state index in [0.717, 1.165) is 16.5 Å². The number of hydrogen-bond acceptors (Lipinski definition) is 3. The Kier molecular flexibility index (Phi) is 2.56. The second kappa shape index (κ2) is 3.89. The molecular weight excluding hydrogens is 206 g/mol. The molecule has 0 spiro atoms. The van der Waals surface area contributed by atoms with Crippen LogP contribution < -0.4 is 15.0 Å². The van der Waals surface area contributed by atoms with Gasteiger partial charge in [0.05, 0.1) is 19.7 Å². The molecule has 2 rings (SSSR count). The first-order chi connectivity index (χ1) is 7.65. The Balaban J connectivity index is 2.89. The first-order valence-corrected chi connectivity index (χ1v) is 4.91. The smallest absolute Gasteiger partial charge is 0.248 e. The summed E-state index contributed by atoms with van der Waals surface area (Å²) in [6.07, 6.45) is 0. The first-order valence-electron chi connectivity index (χ1n) is 4.91. The quantitative estimate of drug-likeness (QED) is 0.838. The van der Waals surface area contributed by atoms with Crippen LogP contribution in [-0.2, 0) is 0 Å². The third kappa shape index (κ3) is 1.62. The molecule has 1 heterocycles. The fourth-order valence-corrected chi connectivity index (χ4v) is 1.81. The van der Waals surface area contributed by atoms with Gasteiger partial charge in [-0.15, -0.1) is 0 Å². The Hall–Kier alpha value is -1.97. The number of aromatic nitrogens is 1. The van der Waals surface area contributed by atoms with Gasteiger partial charge in [0.15, 0.2) is 0 Å². The molecule has 0 amide bonds. The van der Waals surface area contributed by atoms with Gasteiger partial charge in [-0.05, 0) is 12.5 Å². The number of rotatable bonds is 2. The van der Waals surface area contributed by atoms with Crippen LogP contribution in [0.1, 0.15) is 5.56 Å². The molecular formula is C12H13NO3. The Morgan fingerprint density at radius 1 is 1.12 bits per heavy atom. The molecule has 0 aliphatic rings. The molecule has 4 nitrogen and oxygen atoms in total. The van der Waals surface area contributed by atoms with Crippen molar-refractivity contribution in [1.82, 2.24) is 4.98 Å². The predicted octanol–water partition coefficient (Wildman–Crippen LogP) is 1.85. The standard InChI is InChI=1S/C12H13NO3/c1-7-4-11(14)13-9-5-8(15-2)6-10(16-3)12(7)9/h4-6H,1-3H3,(H,13,14). The summed E-state index contributed by atoms with van der Waals surface area (Å²) in [4.78, 5) is 14.1. The number of hydrogen-bond donors (Lipinski definition) is 1. The molecule has 0 bridgehead atoms. The maximum Gasteiger partial charge on any atom is 0.248 e. The molecule has 4 heteroatoms. The number of fused-ring (bicyclic) bond motifs is 1. The molecule has 0 aliphatic heterocycles. The van der Waals surface area contributed by atoms with Crippen molar-refractivity contribution < 1.29 is 9.47 Å². The van der Waals surface area contributed by atoms with E-state index in [4.69, 9.17) is 9.47 Å². The molecule has 0 atom stereocenters. The number of H-pyrrole nitrogens is 1. The van der Waals surface area contributed by atoms with Crippen LogP contribution in [0.2, 0.25) is 0 Å². The van der Waals surface area contributed by atoms with Crippen molar-refractivity contribution in [3.05, 3.63) is 34.1 Å². The van der Waals surface area contributed by atoms with E-state index in [1.54, 1.807) is 32.4 Å². The highest BCUT2D eigenvalue weighted by atomic mass is 16.5. The Labute approximate surface area is 92.8 Å². The molecule has 1 aromatic carbocycles. The normalized spacial score (nSPS) is 10.4. The van der Waals surface area contributed by atoms with Crippen LogP contribution in [0, 0.1) is 6.92 Å². The van der Waals surface area contributed by atoms with Crippen molar-refractivity contribution >= 4 is 10.9 Å². The molecule has 0 fully saturated rings. The summed E-state index contributed by atoms with van der Waals surface area (Å²) >= 11 is 0. The van der Waals surface area contributed by atoms with Gasteiger partial charge >= 0.3 is 0 Å². The third-order valence-corrected chi connectivity index (χ3v) is 2.53. The van der Waals surface area contributed by atoms with Crippen LogP contribution in [-0.4, -0.2) is 19.2 Å². The van der Waals surface area contributed by atoms with E-state index >= 15 is 0 Å². The largest absolute Gasteiger partial charge is 0.497 e. The topological polar surface area (TPSA) is 51.3 Å². The molecule has 16 heavy (non-hydrogen) atoms. The van der Waals surface area contributed by atoms with Gasteiger partial charge in [-0.1, -0.05) is 0 Å². The summed E-state index contributed by atoms with van der Waals surface area (Å²) in [5.74, 6) is 1.36. The number of pyridine rings is 1. The van der Waals surface area contributed by atoms with E-state index in [0.29, 0.717) is 11.5 Å². The van der Waals surface area contributed by atoms with Crippen LogP contribution >= 0.6 is 0 Å².